The van der Waals surface area contributed by atoms with Gasteiger partial charge < -0.3 is 20.2 Å². The van der Waals surface area contributed by atoms with E-state index in [1.807, 2.05) is 23.1 Å². The molecule has 204 valence electrons. The predicted molar refractivity (Wildman–Crippen MR) is 156 cm³/mol. The molecule has 0 spiro atoms. The molecule has 7 nitrogen and oxygen atoms in total. The van der Waals surface area contributed by atoms with Crippen molar-refractivity contribution in [3.63, 3.8) is 0 Å². The fourth-order valence-corrected chi connectivity index (χ4v) is 6.52. The number of benzene rings is 2. The molecule has 4 aromatic rings. The number of carbonyl (C=O) groups is 2. The second kappa shape index (κ2) is 10.6. The summed E-state index contributed by atoms with van der Waals surface area (Å²) in [5, 5.41) is 13.1. The molecule has 0 unspecified atom stereocenters. The number of aromatic nitrogens is 1. The number of nitrogens with one attached hydrogen (secondary N) is 1. The van der Waals surface area contributed by atoms with Gasteiger partial charge in [-0.05, 0) is 73.4 Å². The van der Waals surface area contributed by atoms with Gasteiger partial charge in [0.05, 0.1) is 22.4 Å². The van der Waals surface area contributed by atoms with Crippen LogP contribution < -0.4 is 15.1 Å². The third-order valence-corrected chi connectivity index (χ3v) is 8.72. The van der Waals surface area contributed by atoms with E-state index in [0.717, 1.165) is 16.0 Å². The SMILES string of the molecule is Cc1cccc(F)c1NC(=O)c1cc2c(s1)-c1ccc(Cl)cc1N(C(=O)c1cccc(N3CC[C@H](O)C3)n1)CC2. The molecule has 0 radical (unpaired) electrons. The molecule has 1 fully saturated rings. The van der Waals surface area contributed by atoms with E-state index in [0.29, 0.717) is 65.1 Å². The molecule has 2 aliphatic heterocycles. The van der Waals surface area contributed by atoms with Crippen molar-refractivity contribution in [3.8, 4) is 10.4 Å². The maximum absolute atomic E-state index is 14.4. The zero-order valence-corrected chi connectivity index (χ0v) is 23.2. The Kier molecular flexibility index (Phi) is 7.04. The fraction of sp³-hybridized carbons (Fsp3) is 0.233. The minimum absolute atomic E-state index is 0.165. The number of β-amino-alcohol motifs (C(OH)–C–C–N with tert-alkyl or cyclic N) is 1. The summed E-state index contributed by atoms with van der Waals surface area (Å²) in [5.41, 5.74) is 3.45. The highest BCUT2D eigenvalue weighted by Gasteiger charge is 2.29. The lowest BCUT2D eigenvalue weighted by molar-refractivity contribution is 0.0981. The first-order valence-electron chi connectivity index (χ1n) is 13.0. The topological polar surface area (TPSA) is 85.8 Å². The minimum Gasteiger partial charge on any atom is -0.391 e. The second-order valence-corrected chi connectivity index (χ2v) is 11.5. The number of amides is 2. The van der Waals surface area contributed by atoms with E-state index < -0.39 is 11.9 Å². The van der Waals surface area contributed by atoms with E-state index in [1.165, 1.54) is 17.4 Å². The van der Waals surface area contributed by atoms with E-state index in [9.17, 15) is 19.1 Å². The van der Waals surface area contributed by atoms with Crippen LogP contribution in [0.1, 0.15) is 37.7 Å². The van der Waals surface area contributed by atoms with Gasteiger partial charge in [0.15, 0.2) is 0 Å². The van der Waals surface area contributed by atoms with E-state index in [4.69, 9.17) is 11.6 Å². The van der Waals surface area contributed by atoms with E-state index in [1.54, 1.807) is 48.2 Å². The van der Waals surface area contributed by atoms with Gasteiger partial charge in [-0.25, -0.2) is 9.37 Å². The van der Waals surface area contributed by atoms with Gasteiger partial charge in [-0.3, -0.25) is 9.59 Å². The van der Waals surface area contributed by atoms with E-state index in [2.05, 4.69) is 10.3 Å². The van der Waals surface area contributed by atoms with Crippen LogP contribution in [0.4, 0.5) is 21.6 Å². The Morgan fingerprint density at radius 3 is 2.73 bits per heavy atom. The fourth-order valence-electron chi connectivity index (χ4n) is 5.21. The molecule has 2 aliphatic rings. The van der Waals surface area contributed by atoms with Crippen molar-refractivity contribution >= 4 is 51.9 Å². The Morgan fingerprint density at radius 1 is 1.12 bits per heavy atom. The predicted octanol–water partition coefficient (Wildman–Crippen LogP) is 5.94. The van der Waals surface area contributed by atoms with Crippen LogP contribution in [0, 0.1) is 12.7 Å². The van der Waals surface area contributed by atoms with Gasteiger partial charge >= 0.3 is 0 Å². The van der Waals surface area contributed by atoms with Crippen molar-refractivity contribution in [1.82, 2.24) is 4.98 Å². The summed E-state index contributed by atoms with van der Waals surface area (Å²) < 4.78 is 14.4. The number of halogens is 2. The Hall–Kier alpha value is -3.79. The van der Waals surface area contributed by atoms with Crippen molar-refractivity contribution in [2.75, 3.05) is 34.8 Å². The molecular weight excluding hydrogens is 551 g/mol. The van der Waals surface area contributed by atoms with Gasteiger partial charge in [-0.2, -0.15) is 0 Å². The molecule has 1 saturated heterocycles. The molecule has 2 N–H and O–H groups in total. The highest BCUT2D eigenvalue weighted by Crippen LogP contribution is 2.43. The smallest absolute Gasteiger partial charge is 0.276 e. The first-order chi connectivity index (χ1) is 19.3. The average Bonchev–Trinajstić information content (AvgIpc) is 3.54. The monoisotopic (exact) mass is 576 g/mol. The molecule has 0 bridgehead atoms. The standard InChI is InChI=1S/C30H26ClFN4O3S/c1-17-4-2-5-22(32)27(17)34-29(38)25-14-18-10-13-36(24-15-19(31)8-9-21(24)28(18)40-25)30(39)23-6-3-7-26(33-23)35-12-11-20(37)16-35/h2-9,14-15,20,37H,10-13,16H2,1H3,(H,34,38)/t20-/m0/s1. The lowest BCUT2D eigenvalue weighted by Gasteiger charge is -2.24. The largest absolute Gasteiger partial charge is 0.391 e. The van der Waals surface area contributed by atoms with Crippen LogP contribution in [0.15, 0.2) is 60.7 Å². The molecule has 2 aromatic carbocycles. The summed E-state index contributed by atoms with van der Waals surface area (Å²) in [6.07, 6.45) is 0.774. The zero-order valence-electron chi connectivity index (χ0n) is 21.7. The number of nitrogens with zero attached hydrogens (tertiary/aromatic N) is 3. The van der Waals surface area contributed by atoms with Crippen LogP contribution in [-0.2, 0) is 6.42 Å². The Labute approximate surface area is 239 Å². The normalized spacial score (nSPS) is 16.4. The number of thiophene rings is 1. The average molecular weight is 577 g/mol. The Balaban J connectivity index is 1.32. The maximum atomic E-state index is 14.4. The van der Waals surface area contributed by atoms with Crippen molar-refractivity contribution in [2.24, 2.45) is 0 Å². The zero-order chi connectivity index (χ0) is 28.0. The van der Waals surface area contributed by atoms with Gasteiger partial charge in [0.1, 0.15) is 17.3 Å². The molecule has 10 heteroatoms. The molecule has 4 heterocycles. The van der Waals surface area contributed by atoms with Crippen LogP contribution in [0.3, 0.4) is 0 Å². The van der Waals surface area contributed by atoms with Gasteiger partial charge in [0.2, 0.25) is 0 Å². The lowest BCUT2D eigenvalue weighted by atomic mass is 10.1. The van der Waals surface area contributed by atoms with Gasteiger partial charge in [0, 0.05) is 35.1 Å². The van der Waals surface area contributed by atoms with E-state index >= 15 is 0 Å². The number of aryl methyl sites for hydroxylation is 1. The summed E-state index contributed by atoms with van der Waals surface area (Å²) in [4.78, 5) is 36.6. The molecule has 40 heavy (non-hydrogen) atoms. The van der Waals surface area contributed by atoms with Crippen LogP contribution in [-0.4, -0.2) is 47.6 Å². The molecule has 1 atom stereocenters. The second-order valence-electron chi connectivity index (χ2n) is 9.99. The molecule has 0 saturated carbocycles. The van der Waals surface area contributed by atoms with Crippen LogP contribution in [0.2, 0.25) is 5.02 Å². The number of anilines is 3. The molecule has 6 rings (SSSR count). The van der Waals surface area contributed by atoms with Crippen LogP contribution in [0.25, 0.3) is 10.4 Å². The van der Waals surface area contributed by atoms with Crippen molar-refractivity contribution in [3.05, 3.63) is 93.2 Å². The van der Waals surface area contributed by atoms with Crippen LogP contribution >= 0.6 is 22.9 Å². The lowest BCUT2D eigenvalue weighted by Crippen LogP contribution is -2.33. The maximum Gasteiger partial charge on any atom is 0.276 e. The number of rotatable bonds is 4. The number of para-hydroxylation sites is 1. The quantitative estimate of drug-likeness (QED) is 0.314. The summed E-state index contributed by atoms with van der Waals surface area (Å²) in [5.74, 6) is -0.474. The van der Waals surface area contributed by atoms with Gasteiger partial charge in [0.25, 0.3) is 11.8 Å². The van der Waals surface area contributed by atoms with Crippen molar-refractivity contribution in [1.29, 1.82) is 0 Å². The number of aliphatic hydroxyl groups is 1. The van der Waals surface area contributed by atoms with Crippen molar-refractivity contribution in [2.45, 2.75) is 25.9 Å². The van der Waals surface area contributed by atoms with Crippen LogP contribution in [0.5, 0.6) is 0 Å². The molecule has 0 aliphatic carbocycles. The Morgan fingerprint density at radius 2 is 1.95 bits per heavy atom. The first kappa shape index (κ1) is 26.4. The van der Waals surface area contributed by atoms with Crippen molar-refractivity contribution < 1.29 is 19.1 Å². The number of hydrogen-bond donors (Lipinski definition) is 2. The summed E-state index contributed by atoms with van der Waals surface area (Å²) >= 11 is 7.70. The highest BCUT2D eigenvalue weighted by atomic mass is 35.5. The third kappa shape index (κ3) is 4.96. The number of fused-ring (bicyclic) bond motifs is 3. The summed E-state index contributed by atoms with van der Waals surface area (Å²) in [7, 11) is 0. The highest BCUT2D eigenvalue weighted by molar-refractivity contribution is 7.17. The molecule has 2 aromatic heterocycles. The number of pyridine rings is 1. The van der Waals surface area contributed by atoms with E-state index in [-0.39, 0.29) is 17.5 Å². The summed E-state index contributed by atoms with van der Waals surface area (Å²) in [6, 6.07) is 17.2. The van der Waals surface area contributed by atoms with Gasteiger partial charge in [-0.15, -0.1) is 11.3 Å². The molecular formula is C30H26ClFN4O3S. The summed E-state index contributed by atoms with van der Waals surface area (Å²) in [6.45, 7) is 3.27. The number of aliphatic hydroxyl groups excluding tert-OH is 1. The number of carbonyl (C=O) groups excluding carboxylic acids is 2. The number of hydrogen-bond acceptors (Lipinski definition) is 6. The first-order valence-corrected chi connectivity index (χ1v) is 14.2. The Bertz CT molecular complexity index is 1620. The van der Waals surface area contributed by atoms with Gasteiger partial charge in [-0.1, -0.05) is 29.8 Å². The molecule has 2 amide bonds. The minimum atomic E-state index is -0.487. The third-order valence-electron chi connectivity index (χ3n) is 7.28.